The van der Waals surface area contributed by atoms with Crippen molar-refractivity contribution in [3.63, 3.8) is 0 Å². The SMILES string of the molecule is CC(C)(C)N(C(=O)O)[C@H](CCn1cc(-c2ccc3c(c2)CC(=O)N3)cn1)Cc1ccc(Cl)cc1. The average Bonchev–Trinajstić information content (AvgIpc) is 3.37. The number of hydrogen-bond donors (Lipinski definition) is 2. The van der Waals surface area contributed by atoms with E-state index in [1.165, 1.54) is 4.90 Å². The molecule has 2 N–H and O–H groups in total. The lowest BCUT2D eigenvalue weighted by atomic mass is 9.96. The number of carboxylic acid groups (broad SMARTS) is 1. The van der Waals surface area contributed by atoms with Crippen molar-refractivity contribution in [3.05, 3.63) is 71.0 Å². The molecule has 0 fully saturated rings. The van der Waals surface area contributed by atoms with Crippen LogP contribution in [0.15, 0.2) is 54.9 Å². The molecule has 1 aliphatic rings. The molecule has 2 amide bonds. The van der Waals surface area contributed by atoms with Crippen molar-refractivity contribution in [2.45, 2.75) is 58.2 Å². The Hall–Kier alpha value is -3.32. The standard InChI is InChI=1S/C26H29ClN4O3/c1-26(2,3)31(25(33)34)22(12-17-4-7-21(27)8-5-17)10-11-30-16-20(15-28-30)18-6-9-23-19(13-18)14-24(32)29-23/h4-9,13,15-16,22H,10-12,14H2,1-3H3,(H,29,32)(H,33,34)/t22-/m1/s1. The summed E-state index contributed by atoms with van der Waals surface area (Å²) in [6, 6.07) is 13.2. The van der Waals surface area contributed by atoms with Crippen molar-refractivity contribution >= 4 is 29.3 Å². The van der Waals surface area contributed by atoms with E-state index in [1.54, 1.807) is 6.20 Å². The van der Waals surface area contributed by atoms with Crippen LogP contribution >= 0.6 is 11.6 Å². The maximum atomic E-state index is 12.2. The molecule has 0 saturated carbocycles. The summed E-state index contributed by atoms with van der Waals surface area (Å²) < 4.78 is 1.85. The first-order valence-corrected chi connectivity index (χ1v) is 11.7. The second-order valence-electron chi connectivity index (χ2n) is 9.69. The molecule has 1 aromatic heterocycles. The highest BCUT2D eigenvalue weighted by Gasteiger charge is 2.33. The normalized spacial score (nSPS) is 13.9. The second kappa shape index (κ2) is 9.50. The smallest absolute Gasteiger partial charge is 0.407 e. The van der Waals surface area contributed by atoms with Gasteiger partial charge in [0.25, 0.3) is 0 Å². The zero-order chi connectivity index (χ0) is 24.5. The number of nitrogens with one attached hydrogen (secondary N) is 1. The Labute approximate surface area is 204 Å². The van der Waals surface area contributed by atoms with E-state index in [0.29, 0.717) is 30.8 Å². The monoisotopic (exact) mass is 480 g/mol. The van der Waals surface area contributed by atoms with E-state index in [-0.39, 0.29) is 11.9 Å². The van der Waals surface area contributed by atoms with E-state index < -0.39 is 11.6 Å². The molecule has 0 saturated heterocycles. The summed E-state index contributed by atoms with van der Waals surface area (Å²) in [5.74, 6) is 0.0106. The molecule has 34 heavy (non-hydrogen) atoms. The Morgan fingerprint density at radius 3 is 2.62 bits per heavy atom. The van der Waals surface area contributed by atoms with E-state index in [4.69, 9.17) is 11.6 Å². The fraction of sp³-hybridized carbons (Fsp3) is 0.346. The first-order valence-electron chi connectivity index (χ1n) is 11.3. The van der Waals surface area contributed by atoms with E-state index in [9.17, 15) is 14.7 Å². The largest absolute Gasteiger partial charge is 0.465 e. The zero-order valence-corrected chi connectivity index (χ0v) is 20.3. The molecule has 7 nitrogen and oxygen atoms in total. The van der Waals surface area contributed by atoms with Gasteiger partial charge in [0.2, 0.25) is 5.91 Å². The summed E-state index contributed by atoms with van der Waals surface area (Å²) >= 11 is 6.03. The highest BCUT2D eigenvalue weighted by molar-refractivity contribution is 6.30. The maximum absolute atomic E-state index is 12.2. The average molecular weight is 481 g/mol. The van der Waals surface area contributed by atoms with Crippen LogP contribution in [0.25, 0.3) is 11.1 Å². The Morgan fingerprint density at radius 2 is 1.94 bits per heavy atom. The lowest BCUT2D eigenvalue weighted by Crippen LogP contribution is -2.52. The number of carbonyl (C=O) groups is 2. The first-order chi connectivity index (χ1) is 16.1. The third-order valence-electron chi connectivity index (χ3n) is 6.07. The van der Waals surface area contributed by atoms with Crippen molar-refractivity contribution in [2.75, 3.05) is 5.32 Å². The molecule has 2 aromatic carbocycles. The molecule has 3 aromatic rings. The number of aryl methyl sites for hydroxylation is 1. The Kier molecular flexibility index (Phi) is 6.66. The number of aromatic nitrogens is 2. The Balaban J connectivity index is 1.52. The minimum absolute atomic E-state index is 0.0106. The van der Waals surface area contributed by atoms with E-state index in [1.807, 2.05) is 74.1 Å². The Morgan fingerprint density at radius 1 is 1.21 bits per heavy atom. The molecule has 2 heterocycles. The number of amides is 2. The zero-order valence-electron chi connectivity index (χ0n) is 19.6. The lowest BCUT2D eigenvalue weighted by molar-refractivity contribution is -0.115. The molecule has 0 spiro atoms. The van der Waals surface area contributed by atoms with E-state index in [2.05, 4.69) is 10.4 Å². The third kappa shape index (κ3) is 5.42. The van der Waals surface area contributed by atoms with Gasteiger partial charge in [-0.05, 0) is 74.6 Å². The number of fused-ring (bicyclic) bond motifs is 1. The number of anilines is 1. The van der Waals surface area contributed by atoms with Gasteiger partial charge in [-0.15, -0.1) is 0 Å². The highest BCUT2D eigenvalue weighted by Crippen LogP contribution is 2.29. The number of hydrogen-bond acceptors (Lipinski definition) is 3. The molecule has 178 valence electrons. The van der Waals surface area contributed by atoms with Gasteiger partial charge in [-0.3, -0.25) is 9.48 Å². The molecule has 0 unspecified atom stereocenters. The molecule has 0 radical (unpaired) electrons. The lowest BCUT2D eigenvalue weighted by Gasteiger charge is -2.40. The molecular weight excluding hydrogens is 452 g/mol. The predicted molar refractivity (Wildman–Crippen MR) is 133 cm³/mol. The minimum Gasteiger partial charge on any atom is -0.465 e. The fourth-order valence-corrected chi connectivity index (χ4v) is 4.66. The summed E-state index contributed by atoms with van der Waals surface area (Å²) in [6.45, 7) is 6.31. The molecule has 0 bridgehead atoms. The Bertz CT molecular complexity index is 1200. The van der Waals surface area contributed by atoms with Crippen LogP contribution in [0, 0.1) is 0 Å². The van der Waals surface area contributed by atoms with Crippen LogP contribution in [0.3, 0.4) is 0 Å². The summed E-state index contributed by atoms with van der Waals surface area (Å²) in [6.07, 6.45) is 4.42. The van der Waals surface area contributed by atoms with Gasteiger partial charge in [0, 0.05) is 40.6 Å². The number of rotatable bonds is 7. The quantitative estimate of drug-likeness (QED) is 0.469. The van der Waals surface area contributed by atoms with Crippen LogP contribution in [-0.2, 0) is 24.2 Å². The first kappa shape index (κ1) is 23.8. The number of carbonyl (C=O) groups excluding carboxylic acids is 1. The molecule has 8 heteroatoms. The van der Waals surface area contributed by atoms with Crippen LogP contribution in [0.2, 0.25) is 5.02 Å². The summed E-state index contributed by atoms with van der Waals surface area (Å²) in [5, 5.41) is 18.0. The van der Waals surface area contributed by atoms with Gasteiger partial charge >= 0.3 is 6.09 Å². The van der Waals surface area contributed by atoms with Crippen LogP contribution in [0.1, 0.15) is 38.3 Å². The maximum Gasteiger partial charge on any atom is 0.407 e. The second-order valence-corrected chi connectivity index (χ2v) is 10.1. The van der Waals surface area contributed by atoms with Gasteiger partial charge in [-0.1, -0.05) is 29.8 Å². The third-order valence-corrected chi connectivity index (χ3v) is 6.32. The molecule has 1 atom stereocenters. The molecular formula is C26H29ClN4O3. The number of benzene rings is 2. The molecule has 4 rings (SSSR count). The fourth-order valence-electron chi connectivity index (χ4n) is 4.53. The van der Waals surface area contributed by atoms with Crippen molar-refractivity contribution in [1.29, 1.82) is 0 Å². The molecule has 1 aliphatic heterocycles. The van der Waals surface area contributed by atoms with Crippen LogP contribution in [0.4, 0.5) is 10.5 Å². The van der Waals surface area contributed by atoms with Crippen molar-refractivity contribution in [1.82, 2.24) is 14.7 Å². The summed E-state index contributed by atoms with van der Waals surface area (Å²) in [4.78, 5) is 25.4. The van der Waals surface area contributed by atoms with Gasteiger partial charge in [-0.2, -0.15) is 5.10 Å². The highest BCUT2D eigenvalue weighted by atomic mass is 35.5. The van der Waals surface area contributed by atoms with Crippen LogP contribution < -0.4 is 5.32 Å². The van der Waals surface area contributed by atoms with Gasteiger partial charge in [-0.25, -0.2) is 4.79 Å². The minimum atomic E-state index is -0.936. The van der Waals surface area contributed by atoms with Crippen LogP contribution in [0.5, 0.6) is 0 Å². The van der Waals surface area contributed by atoms with E-state index >= 15 is 0 Å². The number of nitrogens with zero attached hydrogens (tertiary/aromatic N) is 3. The van der Waals surface area contributed by atoms with Crippen molar-refractivity contribution in [2.24, 2.45) is 0 Å². The van der Waals surface area contributed by atoms with Gasteiger partial charge in [0.1, 0.15) is 0 Å². The number of halogens is 1. The van der Waals surface area contributed by atoms with Gasteiger partial charge in [0.15, 0.2) is 0 Å². The topological polar surface area (TPSA) is 87.5 Å². The van der Waals surface area contributed by atoms with Crippen molar-refractivity contribution < 1.29 is 14.7 Å². The predicted octanol–water partition coefficient (Wildman–Crippen LogP) is 5.48. The summed E-state index contributed by atoms with van der Waals surface area (Å²) in [5.41, 5.74) is 4.30. The summed E-state index contributed by atoms with van der Waals surface area (Å²) in [7, 11) is 0. The van der Waals surface area contributed by atoms with E-state index in [0.717, 1.165) is 27.9 Å². The van der Waals surface area contributed by atoms with Crippen LogP contribution in [-0.4, -0.2) is 43.4 Å². The van der Waals surface area contributed by atoms with Gasteiger partial charge in [0.05, 0.1) is 12.6 Å². The molecule has 0 aliphatic carbocycles. The van der Waals surface area contributed by atoms with Crippen molar-refractivity contribution in [3.8, 4) is 11.1 Å². The van der Waals surface area contributed by atoms with Gasteiger partial charge < -0.3 is 15.3 Å².